The first-order chi connectivity index (χ1) is 11.3. The van der Waals surface area contributed by atoms with Gasteiger partial charge in [0.15, 0.2) is 0 Å². The minimum Gasteiger partial charge on any atom is -0.366 e. The maximum absolute atomic E-state index is 11.7. The highest BCUT2D eigenvalue weighted by Gasteiger charge is 2.15. The fourth-order valence-electron chi connectivity index (χ4n) is 2.54. The Morgan fingerprint density at radius 3 is 2.62 bits per heavy atom. The van der Waals surface area contributed by atoms with E-state index in [4.69, 9.17) is 5.73 Å². The Morgan fingerprint density at radius 2 is 2.00 bits per heavy atom. The topological polar surface area (TPSA) is 107 Å². The SMILES string of the molecule is CS(=O)(=O)Nc1cnc2c(c1)c(C(N)=O)cn2Cc1ccccc1. The second-order valence-electron chi connectivity index (χ2n) is 5.49. The van der Waals surface area contributed by atoms with Crippen molar-refractivity contribution >= 4 is 32.7 Å². The van der Waals surface area contributed by atoms with Gasteiger partial charge in [0.05, 0.1) is 23.7 Å². The summed E-state index contributed by atoms with van der Waals surface area (Å²) < 4.78 is 26.9. The number of hydrogen-bond donors (Lipinski definition) is 2. The molecule has 2 heterocycles. The number of primary amides is 1. The fourth-order valence-corrected chi connectivity index (χ4v) is 3.08. The second kappa shape index (κ2) is 5.97. The summed E-state index contributed by atoms with van der Waals surface area (Å²) in [6, 6.07) is 11.3. The highest BCUT2D eigenvalue weighted by molar-refractivity contribution is 7.92. The van der Waals surface area contributed by atoms with Crippen molar-refractivity contribution in [2.24, 2.45) is 5.73 Å². The lowest BCUT2D eigenvalue weighted by Crippen LogP contribution is -2.11. The Bertz CT molecular complexity index is 1010. The second-order valence-corrected chi connectivity index (χ2v) is 7.24. The number of benzene rings is 1. The van der Waals surface area contributed by atoms with Gasteiger partial charge in [-0.15, -0.1) is 0 Å². The first-order valence-electron chi connectivity index (χ1n) is 7.14. The standard InChI is InChI=1S/C16H16N4O3S/c1-24(22,23)19-12-7-13-14(15(17)21)10-20(16(13)18-8-12)9-11-5-3-2-4-6-11/h2-8,10,19H,9H2,1H3,(H2,17,21). The van der Waals surface area contributed by atoms with Crippen LogP contribution in [-0.4, -0.2) is 30.1 Å². The molecule has 0 aliphatic carbocycles. The molecule has 0 saturated carbocycles. The molecule has 0 aliphatic heterocycles. The average Bonchev–Trinajstić information content (AvgIpc) is 2.85. The number of nitrogens with one attached hydrogen (secondary N) is 1. The Morgan fingerprint density at radius 1 is 1.29 bits per heavy atom. The monoisotopic (exact) mass is 344 g/mol. The van der Waals surface area contributed by atoms with Crippen LogP contribution in [-0.2, 0) is 16.6 Å². The Kier molecular flexibility index (Phi) is 3.98. The molecule has 7 nitrogen and oxygen atoms in total. The van der Waals surface area contributed by atoms with Gasteiger partial charge >= 0.3 is 0 Å². The van der Waals surface area contributed by atoms with Crippen LogP contribution in [0.3, 0.4) is 0 Å². The van der Waals surface area contributed by atoms with Crippen LogP contribution >= 0.6 is 0 Å². The van der Waals surface area contributed by atoms with Crippen molar-refractivity contribution in [1.82, 2.24) is 9.55 Å². The molecule has 0 spiro atoms. The van der Waals surface area contributed by atoms with Gasteiger partial charge in [-0.25, -0.2) is 13.4 Å². The third-order valence-corrected chi connectivity index (χ3v) is 4.08. The van der Waals surface area contributed by atoms with Crippen molar-refractivity contribution in [3.05, 3.63) is 59.9 Å². The third-order valence-electron chi connectivity index (χ3n) is 3.48. The van der Waals surface area contributed by atoms with Crippen molar-refractivity contribution < 1.29 is 13.2 Å². The van der Waals surface area contributed by atoms with Crippen LogP contribution in [0.15, 0.2) is 48.8 Å². The molecule has 0 saturated heterocycles. The van der Waals surface area contributed by atoms with E-state index >= 15 is 0 Å². The summed E-state index contributed by atoms with van der Waals surface area (Å²) in [4.78, 5) is 16.0. The Balaban J connectivity index is 2.10. The zero-order valence-corrected chi connectivity index (χ0v) is 13.7. The largest absolute Gasteiger partial charge is 0.366 e. The third kappa shape index (κ3) is 3.38. The molecule has 3 N–H and O–H groups in total. The number of anilines is 1. The van der Waals surface area contributed by atoms with Gasteiger partial charge in [-0.05, 0) is 11.6 Å². The van der Waals surface area contributed by atoms with E-state index in [1.807, 2.05) is 34.9 Å². The van der Waals surface area contributed by atoms with Gasteiger partial charge in [0.25, 0.3) is 5.91 Å². The molecule has 2 aromatic heterocycles. The molecular weight excluding hydrogens is 328 g/mol. The summed E-state index contributed by atoms with van der Waals surface area (Å²) in [7, 11) is -3.43. The molecule has 24 heavy (non-hydrogen) atoms. The summed E-state index contributed by atoms with van der Waals surface area (Å²) in [5.74, 6) is -0.592. The molecule has 3 aromatic rings. The van der Waals surface area contributed by atoms with Crippen LogP contribution in [0.2, 0.25) is 0 Å². The number of nitrogens with zero attached hydrogens (tertiary/aromatic N) is 2. The molecule has 0 bridgehead atoms. The number of sulfonamides is 1. The fraction of sp³-hybridized carbons (Fsp3) is 0.125. The van der Waals surface area contributed by atoms with Gasteiger partial charge in [-0.3, -0.25) is 9.52 Å². The van der Waals surface area contributed by atoms with E-state index in [-0.39, 0.29) is 5.69 Å². The van der Waals surface area contributed by atoms with E-state index in [2.05, 4.69) is 9.71 Å². The molecule has 0 aliphatic rings. The zero-order chi connectivity index (χ0) is 17.3. The normalized spacial score (nSPS) is 11.5. The Hall–Kier alpha value is -2.87. The lowest BCUT2D eigenvalue weighted by Gasteiger charge is -2.06. The van der Waals surface area contributed by atoms with Gasteiger partial charge in [-0.2, -0.15) is 0 Å². The molecule has 1 amide bonds. The highest BCUT2D eigenvalue weighted by Crippen LogP contribution is 2.24. The van der Waals surface area contributed by atoms with E-state index < -0.39 is 15.9 Å². The molecule has 0 unspecified atom stereocenters. The lowest BCUT2D eigenvalue weighted by atomic mass is 10.2. The maximum atomic E-state index is 11.7. The van der Waals surface area contributed by atoms with Crippen LogP contribution in [0.1, 0.15) is 15.9 Å². The predicted octanol–water partition coefficient (Wildman–Crippen LogP) is 1.55. The minimum atomic E-state index is -3.43. The number of pyridine rings is 1. The van der Waals surface area contributed by atoms with Crippen molar-refractivity contribution in [3.63, 3.8) is 0 Å². The van der Waals surface area contributed by atoms with Gasteiger partial charge in [0.2, 0.25) is 10.0 Å². The molecule has 0 radical (unpaired) electrons. The summed E-state index contributed by atoms with van der Waals surface area (Å²) in [6.07, 6.45) is 4.10. The molecule has 124 valence electrons. The van der Waals surface area contributed by atoms with E-state index in [9.17, 15) is 13.2 Å². The highest BCUT2D eigenvalue weighted by atomic mass is 32.2. The maximum Gasteiger partial charge on any atom is 0.250 e. The lowest BCUT2D eigenvalue weighted by molar-refractivity contribution is 0.100. The average molecular weight is 344 g/mol. The van der Waals surface area contributed by atoms with Crippen LogP contribution in [0.5, 0.6) is 0 Å². The molecule has 3 rings (SSSR count). The van der Waals surface area contributed by atoms with Crippen LogP contribution in [0, 0.1) is 0 Å². The van der Waals surface area contributed by atoms with Crippen LogP contribution < -0.4 is 10.5 Å². The van der Waals surface area contributed by atoms with E-state index in [1.54, 1.807) is 12.3 Å². The van der Waals surface area contributed by atoms with Crippen molar-refractivity contribution in [3.8, 4) is 0 Å². The van der Waals surface area contributed by atoms with Gasteiger partial charge in [-0.1, -0.05) is 30.3 Å². The van der Waals surface area contributed by atoms with E-state index in [1.165, 1.54) is 6.20 Å². The van der Waals surface area contributed by atoms with Crippen LogP contribution in [0.25, 0.3) is 11.0 Å². The van der Waals surface area contributed by atoms with E-state index in [0.717, 1.165) is 11.8 Å². The quantitative estimate of drug-likeness (QED) is 0.732. The first-order valence-corrected chi connectivity index (χ1v) is 9.03. The molecule has 1 aromatic carbocycles. The number of aromatic nitrogens is 2. The summed E-state index contributed by atoms with van der Waals surface area (Å²) in [5, 5.41) is 0.507. The number of carbonyl (C=O) groups is 1. The molecule has 0 fully saturated rings. The molecular formula is C16H16N4O3S. The van der Waals surface area contributed by atoms with Gasteiger partial charge in [0.1, 0.15) is 5.65 Å². The first kappa shape index (κ1) is 16.0. The summed E-state index contributed by atoms with van der Waals surface area (Å²) in [5.41, 5.74) is 7.63. The minimum absolute atomic E-state index is 0.282. The molecule has 0 atom stereocenters. The zero-order valence-electron chi connectivity index (χ0n) is 12.9. The van der Waals surface area contributed by atoms with Crippen molar-refractivity contribution in [2.75, 3.05) is 11.0 Å². The number of hydrogen-bond acceptors (Lipinski definition) is 4. The summed E-state index contributed by atoms with van der Waals surface area (Å²) in [6.45, 7) is 0.524. The number of amides is 1. The van der Waals surface area contributed by atoms with Crippen LogP contribution in [0.4, 0.5) is 5.69 Å². The Labute approximate surface area is 139 Å². The predicted molar refractivity (Wildman–Crippen MR) is 92.3 cm³/mol. The number of nitrogens with two attached hydrogens (primary N) is 1. The number of carbonyl (C=O) groups excluding carboxylic acids is 1. The summed E-state index contributed by atoms with van der Waals surface area (Å²) >= 11 is 0. The van der Waals surface area contributed by atoms with Crippen molar-refractivity contribution in [2.45, 2.75) is 6.54 Å². The smallest absolute Gasteiger partial charge is 0.250 e. The van der Waals surface area contributed by atoms with Crippen molar-refractivity contribution in [1.29, 1.82) is 0 Å². The van der Waals surface area contributed by atoms with Gasteiger partial charge < -0.3 is 10.3 Å². The molecule has 8 heteroatoms. The number of rotatable bonds is 5. The van der Waals surface area contributed by atoms with E-state index in [0.29, 0.717) is 23.1 Å². The number of fused-ring (bicyclic) bond motifs is 1. The van der Waals surface area contributed by atoms with Gasteiger partial charge in [0, 0.05) is 18.1 Å².